The molecule has 3 N–H and O–H groups in total. The summed E-state index contributed by atoms with van der Waals surface area (Å²) in [5.41, 5.74) is 3.35. The number of hydrogen-bond donors (Lipinski definition) is 3. The Bertz CT molecular complexity index is 1310. The molecule has 0 aromatic carbocycles. The van der Waals surface area contributed by atoms with Gasteiger partial charge in [-0.3, -0.25) is 14.5 Å². The Morgan fingerprint density at radius 3 is 2.76 bits per heavy atom. The van der Waals surface area contributed by atoms with E-state index < -0.39 is 0 Å². The van der Waals surface area contributed by atoms with Gasteiger partial charge in [0.2, 0.25) is 5.91 Å². The molecule has 2 aliphatic heterocycles. The molecule has 1 saturated heterocycles. The minimum absolute atomic E-state index is 0.0600. The Labute approximate surface area is 200 Å². The zero-order chi connectivity index (χ0) is 23.8. The quantitative estimate of drug-likeness (QED) is 0.483. The van der Waals surface area contributed by atoms with Crippen LogP contribution in [0.3, 0.4) is 0 Å². The van der Waals surface area contributed by atoms with Crippen molar-refractivity contribution in [3.05, 3.63) is 47.3 Å². The maximum Gasteiger partial charge on any atom is 0.260 e. The van der Waals surface area contributed by atoms with E-state index in [2.05, 4.69) is 36.1 Å². The number of aromatic nitrogens is 5. The molecule has 0 aliphatic carbocycles. The SMILES string of the molecule is Cc1nn(C)nc1-c1cn2ncc(C(=O)NC3=CC(NC(=O)CN4CCCC4)=CNC3C)c2s1. The van der Waals surface area contributed by atoms with Gasteiger partial charge in [-0.15, -0.1) is 11.3 Å². The lowest BCUT2D eigenvalue weighted by Crippen LogP contribution is -2.40. The van der Waals surface area contributed by atoms with Gasteiger partial charge in [0, 0.05) is 25.1 Å². The van der Waals surface area contributed by atoms with E-state index in [-0.39, 0.29) is 17.9 Å². The second kappa shape index (κ2) is 9.03. The predicted octanol–water partition coefficient (Wildman–Crippen LogP) is 1.16. The van der Waals surface area contributed by atoms with E-state index in [1.165, 1.54) is 16.1 Å². The number of carbonyl (C=O) groups is 2. The summed E-state index contributed by atoms with van der Waals surface area (Å²) >= 11 is 1.44. The summed E-state index contributed by atoms with van der Waals surface area (Å²) in [6.07, 6.45) is 9.24. The van der Waals surface area contributed by atoms with Crippen LogP contribution in [0.1, 0.15) is 35.8 Å². The summed E-state index contributed by atoms with van der Waals surface area (Å²) < 4.78 is 1.68. The molecule has 11 nitrogen and oxygen atoms in total. The van der Waals surface area contributed by atoms with Gasteiger partial charge in [-0.25, -0.2) is 4.52 Å². The van der Waals surface area contributed by atoms with E-state index in [1.807, 2.05) is 20.0 Å². The second-order valence-electron chi connectivity index (χ2n) is 8.60. The van der Waals surface area contributed by atoms with Crippen molar-refractivity contribution in [3.63, 3.8) is 0 Å². The molecule has 2 amide bonds. The first-order valence-corrected chi connectivity index (χ1v) is 12.1. The average Bonchev–Trinajstić information content (AvgIpc) is 3.55. The summed E-state index contributed by atoms with van der Waals surface area (Å²) in [5.74, 6) is -0.320. The van der Waals surface area contributed by atoms with Gasteiger partial charge in [-0.05, 0) is 45.9 Å². The zero-order valence-electron chi connectivity index (χ0n) is 19.3. The number of nitrogens with one attached hydrogen (secondary N) is 3. The molecular formula is C22H27N9O2S. The highest BCUT2D eigenvalue weighted by molar-refractivity contribution is 7.21. The van der Waals surface area contributed by atoms with Crippen LogP contribution < -0.4 is 16.0 Å². The minimum Gasteiger partial charge on any atom is -0.381 e. The number of allylic oxidation sites excluding steroid dienone is 1. The van der Waals surface area contributed by atoms with Crippen molar-refractivity contribution in [2.45, 2.75) is 32.7 Å². The summed E-state index contributed by atoms with van der Waals surface area (Å²) in [5, 5.41) is 22.1. The van der Waals surface area contributed by atoms with Gasteiger partial charge in [0.15, 0.2) is 0 Å². The fourth-order valence-electron chi connectivity index (χ4n) is 4.18. The predicted molar refractivity (Wildman–Crippen MR) is 128 cm³/mol. The highest BCUT2D eigenvalue weighted by atomic mass is 32.1. The lowest BCUT2D eigenvalue weighted by Gasteiger charge is -2.23. The number of nitrogens with zero attached hydrogens (tertiary/aromatic N) is 6. The maximum absolute atomic E-state index is 13.1. The molecule has 178 valence electrons. The highest BCUT2D eigenvalue weighted by Crippen LogP contribution is 2.30. The van der Waals surface area contributed by atoms with Crippen LogP contribution in [0.25, 0.3) is 15.4 Å². The third-order valence-electron chi connectivity index (χ3n) is 5.93. The first-order chi connectivity index (χ1) is 16.4. The van der Waals surface area contributed by atoms with Crippen LogP contribution in [0.4, 0.5) is 0 Å². The first kappa shape index (κ1) is 22.3. The minimum atomic E-state index is -0.260. The molecule has 2 aliphatic rings. The molecule has 0 radical (unpaired) electrons. The number of carbonyl (C=O) groups excluding carboxylic acids is 2. The van der Waals surface area contributed by atoms with Crippen LogP contribution in [0.5, 0.6) is 0 Å². The summed E-state index contributed by atoms with van der Waals surface area (Å²) in [7, 11) is 1.78. The number of aryl methyl sites for hydroxylation is 2. The van der Waals surface area contributed by atoms with Gasteiger partial charge in [0.25, 0.3) is 5.91 Å². The van der Waals surface area contributed by atoms with Crippen molar-refractivity contribution in [2.75, 3.05) is 19.6 Å². The Kier molecular flexibility index (Phi) is 5.92. The molecule has 3 aromatic rings. The van der Waals surface area contributed by atoms with Crippen molar-refractivity contribution >= 4 is 28.0 Å². The normalized spacial score (nSPS) is 18.5. The average molecular weight is 482 g/mol. The Morgan fingerprint density at radius 2 is 2.03 bits per heavy atom. The van der Waals surface area contributed by atoms with Gasteiger partial charge in [0.05, 0.1) is 40.6 Å². The molecular weight excluding hydrogens is 454 g/mol. The zero-order valence-corrected chi connectivity index (χ0v) is 20.1. The molecule has 0 bridgehead atoms. The van der Waals surface area contributed by atoms with Gasteiger partial charge in [-0.1, -0.05) is 0 Å². The van der Waals surface area contributed by atoms with Gasteiger partial charge >= 0.3 is 0 Å². The number of dihydropyridines is 1. The Balaban J connectivity index is 1.30. The smallest absolute Gasteiger partial charge is 0.260 e. The summed E-state index contributed by atoms with van der Waals surface area (Å²) in [6.45, 7) is 6.14. The largest absolute Gasteiger partial charge is 0.381 e. The molecule has 1 atom stereocenters. The van der Waals surface area contributed by atoms with Crippen LogP contribution in [-0.4, -0.2) is 67.0 Å². The fraction of sp³-hybridized carbons (Fsp3) is 0.409. The molecule has 3 aromatic heterocycles. The molecule has 34 heavy (non-hydrogen) atoms. The lowest BCUT2D eigenvalue weighted by molar-refractivity contribution is -0.121. The third-order valence-corrected chi connectivity index (χ3v) is 7.05. The number of hydrogen-bond acceptors (Lipinski definition) is 8. The van der Waals surface area contributed by atoms with Gasteiger partial charge in [0.1, 0.15) is 10.5 Å². The monoisotopic (exact) mass is 481 g/mol. The number of thiazole rings is 1. The number of rotatable bonds is 6. The Morgan fingerprint density at radius 1 is 1.24 bits per heavy atom. The molecule has 0 spiro atoms. The molecule has 5 heterocycles. The van der Waals surface area contributed by atoms with E-state index in [0.717, 1.165) is 47.0 Å². The number of amides is 2. The molecule has 0 saturated carbocycles. The van der Waals surface area contributed by atoms with E-state index in [1.54, 1.807) is 30.0 Å². The maximum atomic E-state index is 13.1. The first-order valence-electron chi connectivity index (χ1n) is 11.2. The van der Waals surface area contributed by atoms with Crippen molar-refractivity contribution in [3.8, 4) is 10.6 Å². The van der Waals surface area contributed by atoms with Crippen molar-refractivity contribution in [1.82, 2.24) is 45.5 Å². The summed E-state index contributed by atoms with van der Waals surface area (Å²) in [4.78, 5) is 30.8. The van der Waals surface area contributed by atoms with Crippen molar-refractivity contribution in [1.29, 1.82) is 0 Å². The standard InChI is InChI=1S/C22H27N9O2S/c1-13-17(8-15(9-23-13)25-19(32)12-30-6-4-5-7-30)26-21(33)16-10-24-31-11-18(34-22(16)31)20-14(2)27-29(3)28-20/h8-11,13,23H,4-7,12H2,1-3H3,(H,25,32)(H,26,33). The van der Waals surface area contributed by atoms with Gasteiger partial charge < -0.3 is 16.0 Å². The molecule has 1 fully saturated rings. The fourth-order valence-corrected chi connectivity index (χ4v) is 5.28. The highest BCUT2D eigenvalue weighted by Gasteiger charge is 2.22. The van der Waals surface area contributed by atoms with Crippen LogP contribution in [0.2, 0.25) is 0 Å². The topological polar surface area (TPSA) is 121 Å². The van der Waals surface area contributed by atoms with Gasteiger partial charge in [-0.2, -0.15) is 20.1 Å². The molecule has 1 unspecified atom stereocenters. The van der Waals surface area contributed by atoms with E-state index >= 15 is 0 Å². The lowest BCUT2D eigenvalue weighted by atomic mass is 10.1. The third kappa shape index (κ3) is 4.46. The van der Waals surface area contributed by atoms with Crippen LogP contribution in [0.15, 0.2) is 36.1 Å². The van der Waals surface area contributed by atoms with E-state index in [9.17, 15) is 9.59 Å². The number of fused-ring (bicyclic) bond motifs is 1. The summed E-state index contributed by atoms with van der Waals surface area (Å²) in [6, 6.07) is -0.115. The van der Waals surface area contributed by atoms with E-state index in [0.29, 0.717) is 23.5 Å². The van der Waals surface area contributed by atoms with Crippen LogP contribution >= 0.6 is 11.3 Å². The van der Waals surface area contributed by atoms with Crippen LogP contribution in [0, 0.1) is 6.92 Å². The van der Waals surface area contributed by atoms with Crippen molar-refractivity contribution < 1.29 is 9.59 Å². The van der Waals surface area contributed by atoms with Crippen LogP contribution in [-0.2, 0) is 11.8 Å². The Hall–Kier alpha value is -3.51. The molecule has 5 rings (SSSR count). The molecule has 12 heteroatoms. The van der Waals surface area contributed by atoms with E-state index in [4.69, 9.17) is 0 Å². The number of likely N-dealkylation sites (tertiary alicyclic amines) is 1. The van der Waals surface area contributed by atoms with Crippen molar-refractivity contribution in [2.24, 2.45) is 7.05 Å². The second-order valence-corrected chi connectivity index (χ2v) is 9.63.